The van der Waals surface area contributed by atoms with E-state index in [0.717, 1.165) is 36.4 Å². The standard InChI is InChI=1S/C22H10Cl2F6N2O2/c23-16-4-1-12(21(25,26)27)8-15(16)19-6-3-14(34-19)7-11(10-31)20(33)32-18-9-13(22(28,29)30)2-5-17(18)24/h1-9H,(H,32,33). The summed E-state index contributed by atoms with van der Waals surface area (Å²) in [7, 11) is 0. The molecule has 34 heavy (non-hydrogen) atoms. The number of nitrogens with zero attached hydrogens (tertiary/aromatic N) is 1. The first-order chi connectivity index (χ1) is 15.8. The molecule has 0 aliphatic heterocycles. The number of amides is 1. The first kappa shape index (κ1) is 25.2. The van der Waals surface area contributed by atoms with Crippen LogP contribution in [-0.2, 0) is 17.1 Å². The summed E-state index contributed by atoms with van der Waals surface area (Å²) in [5, 5.41) is 11.2. The molecule has 1 amide bonds. The highest BCUT2D eigenvalue weighted by molar-refractivity contribution is 6.34. The third-order valence-electron chi connectivity index (χ3n) is 4.38. The Morgan fingerprint density at radius 1 is 0.912 bits per heavy atom. The van der Waals surface area contributed by atoms with Crippen LogP contribution in [0.5, 0.6) is 0 Å². The molecule has 1 heterocycles. The highest BCUT2D eigenvalue weighted by Gasteiger charge is 2.32. The maximum absolute atomic E-state index is 13.0. The van der Waals surface area contributed by atoms with Crippen LogP contribution in [0, 0.1) is 11.3 Å². The van der Waals surface area contributed by atoms with E-state index in [1.54, 1.807) is 6.07 Å². The van der Waals surface area contributed by atoms with Crippen molar-refractivity contribution in [3.63, 3.8) is 0 Å². The molecule has 0 saturated heterocycles. The molecule has 0 aliphatic rings. The number of rotatable bonds is 4. The first-order valence-corrected chi connectivity index (χ1v) is 9.82. The van der Waals surface area contributed by atoms with Gasteiger partial charge in [0.2, 0.25) is 0 Å². The average molecular weight is 519 g/mol. The Labute approximate surface area is 198 Å². The van der Waals surface area contributed by atoms with Gasteiger partial charge in [0, 0.05) is 11.6 Å². The SMILES string of the molecule is N#CC(=Cc1ccc(-c2cc(C(F)(F)F)ccc2Cl)o1)C(=O)Nc1cc(C(F)(F)F)ccc1Cl. The molecule has 1 aromatic heterocycles. The van der Waals surface area contributed by atoms with E-state index in [1.807, 2.05) is 0 Å². The maximum atomic E-state index is 13.0. The highest BCUT2D eigenvalue weighted by atomic mass is 35.5. The number of nitriles is 1. The number of alkyl halides is 6. The summed E-state index contributed by atoms with van der Waals surface area (Å²) in [5.41, 5.74) is -3.04. The fourth-order valence-corrected chi connectivity index (χ4v) is 3.12. The summed E-state index contributed by atoms with van der Waals surface area (Å²) >= 11 is 11.8. The number of hydrogen-bond acceptors (Lipinski definition) is 3. The Bertz CT molecular complexity index is 1320. The van der Waals surface area contributed by atoms with Gasteiger partial charge in [0.25, 0.3) is 5.91 Å². The van der Waals surface area contributed by atoms with Crippen molar-refractivity contribution in [3.8, 4) is 17.4 Å². The van der Waals surface area contributed by atoms with Crippen LogP contribution in [0.3, 0.4) is 0 Å². The number of hydrogen-bond donors (Lipinski definition) is 1. The zero-order valence-corrected chi connectivity index (χ0v) is 18.0. The normalized spacial score (nSPS) is 12.4. The molecule has 176 valence electrons. The van der Waals surface area contributed by atoms with Crippen LogP contribution < -0.4 is 5.32 Å². The van der Waals surface area contributed by atoms with Crippen molar-refractivity contribution in [3.05, 3.63) is 81.0 Å². The quantitative estimate of drug-likeness (QED) is 0.217. The molecule has 1 N–H and O–H groups in total. The molecule has 0 spiro atoms. The lowest BCUT2D eigenvalue weighted by Gasteiger charge is -2.11. The zero-order valence-electron chi connectivity index (χ0n) is 16.5. The minimum atomic E-state index is -4.69. The van der Waals surface area contributed by atoms with Crippen LogP contribution in [-0.4, -0.2) is 5.91 Å². The van der Waals surface area contributed by atoms with Gasteiger partial charge in [0.1, 0.15) is 23.2 Å². The van der Waals surface area contributed by atoms with Crippen molar-refractivity contribution in [1.82, 2.24) is 0 Å². The van der Waals surface area contributed by atoms with Crippen molar-refractivity contribution in [2.45, 2.75) is 12.4 Å². The molecule has 3 aromatic rings. The number of halogens is 8. The van der Waals surface area contributed by atoms with E-state index in [2.05, 4.69) is 5.32 Å². The zero-order chi connectivity index (χ0) is 25.3. The Morgan fingerprint density at radius 3 is 2.09 bits per heavy atom. The van der Waals surface area contributed by atoms with Crippen LogP contribution in [0.2, 0.25) is 10.0 Å². The third-order valence-corrected chi connectivity index (χ3v) is 5.04. The van der Waals surface area contributed by atoms with E-state index in [4.69, 9.17) is 27.6 Å². The molecule has 0 fully saturated rings. The van der Waals surface area contributed by atoms with Crippen molar-refractivity contribution < 1.29 is 35.6 Å². The summed E-state index contributed by atoms with van der Waals surface area (Å²) in [4.78, 5) is 12.4. The Morgan fingerprint density at radius 2 is 1.50 bits per heavy atom. The molecule has 12 heteroatoms. The van der Waals surface area contributed by atoms with Gasteiger partial charge >= 0.3 is 12.4 Å². The Hall–Kier alpha value is -3.42. The summed E-state index contributed by atoms with van der Waals surface area (Å²) in [6, 6.07) is 9.02. The number of furan rings is 1. The monoisotopic (exact) mass is 518 g/mol. The fraction of sp³-hybridized carbons (Fsp3) is 0.0909. The highest BCUT2D eigenvalue weighted by Crippen LogP contribution is 2.37. The molecule has 0 atom stereocenters. The predicted octanol–water partition coefficient (Wildman–Crippen LogP) is 7.84. The van der Waals surface area contributed by atoms with Gasteiger partial charge < -0.3 is 9.73 Å². The molecule has 0 radical (unpaired) electrons. The lowest BCUT2D eigenvalue weighted by Crippen LogP contribution is -2.15. The molecule has 4 nitrogen and oxygen atoms in total. The van der Waals surface area contributed by atoms with Gasteiger partial charge in [-0.2, -0.15) is 31.6 Å². The predicted molar refractivity (Wildman–Crippen MR) is 113 cm³/mol. The van der Waals surface area contributed by atoms with Crippen LogP contribution in [0.15, 0.2) is 58.5 Å². The number of nitrogens with one attached hydrogen (secondary N) is 1. The van der Waals surface area contributed by atoms with Crippen LogP contribution in [0.1, 0.15) is 16.9 Å². The minimum Gasteiger partial charge on any atom is -0.457 e. The molecule has 3 rings (SSSR count). The van der Waals surface area contributed by atoms with Crippen molar-refractivity contribution in [2.75, 3.05) is 5.32 Å². The molecule has 0 bridgehead atoms. The number of carbonyl (C=O) groups is 1. The van der Waals surface area contributed by atoms with Gasteiger partial charge in [-0.1, -0.05) is 23.2 Å². The molecule has 0 saturated carbocycles. The number of carbonyl (C=O) groups excluding carboxylic acids is 1. The van der Waals surface area contributed by atoms with Gasteiger partial charge in [-0.05, 0) is 48.5 Å². The van der Waals surface area contributed by atoms with Crippen molar-refractivity contribution in [2.24, 2.45) is 0 Å². The smallest absolute Gasteiger partial charge is 0.416 e. The van der Waals surface area contributed by atoms with Crippen LogP contribution >= 0.6 is 23.2 Å². The Balaban J connectivity index is 1.88. The van der Waals surface area contributed by atoms with Crippen molar-refractivity contribution >= 4 is 40.9 Å². The summed E-state index contributed by atoms with van der Waals surface area (Å²) < 4.78 is 83.1. The second kappa shape index (κ2) is 9.44. The van der Waals surface area contributed by atoms with E-state index in [1.165, 1.54) is 12.1 Å². The summed E-state index contributed by atoms with van der Waals surface area (Å²) in [6.45, 7) is 0. The molecule has 2 aromatic carbocycles. The second-order valence-electron chi connectivity index (χ2n) is 6.71. The average Bonchev–Trinajstić information content (AvgIpc) is 3.20. The summed E-state index contributed by atoms with van der Waals surface area (Å²) in [6.07, 6.45) is -8.35. The molecule has 0 aliphatic carbocycles. The minimum absolute atomic E-state index is 0.0321. The van der Waals surface area contributed by atoms with E-state index in [9.17, 15) is 36.4 Å². The molecule has 0 unspecified atom stereocenters. The molecular formula is C22H10Cl2F6N2O2. The van der Waals surface area contributed by atoms with Crippen LogP contribution in [0.4, 0.5) is 32.0 Å². The second-order valence-corrected chi connectivity index (χ2v) is 7.53. The van der Waals surface area contributed by atoms with E-state index in [-0.39, 0.29) is 32.8 Å². The van der Waals surface area contributed by atoms with E-state index >= 15 is 0 Å². The van der Waals surface area contributed by atoms with Gasteiger partial charge in [-0.25, -0.2) is 0 Å². The summed E-state index contributed by atoms with van der Waals surface area (Å²) in [5.74, 6) is -1.25. The van der Waals surface area contributed by atoms with E-state index in [0.29, 0.717) is 6.07 Å². The largest absolute Gasteiger partial charge is 0.457 e. The van der Waals surface area contributed by atoms with Crippen LogP contribution in [0.25, 0.3) is 17.4 Å². The van der Waals surface area contributed by atoms with Gasteiger partial charge in [-0.3, -0.25) is 4.79 Å². The van der Waals surface area contributed by atoms with Crippen molar-refractivity contribution in [1.29, 1.82) is 5.26 Å². The lowest BCUT2D eigenvalue weighted by atomic mass is 10.1. The number of benzene rings is 2. The van der Waals surface area contributed by atoms with Gasteiger partial charge in [0.15, 0.2) is 0 Å². The van der Waals surface area contributed by atoms with Gasteiger partial charge in [-0.15, -0.1) is 0 Å². The fourth-order valence-electron chi connectivity index (χ4n) is 2.74. The lowest BCUT2D eigenvalue weighted by molar-refractivity contribution is -0.138. The third kappa shape index (κ3) is 5.73. The first-order valence-electron chi connectivity index (χ1n) is 9.06. The maximum Gasteiger partial charge on any atom is 0.416 e. The topological polar surface area (TPSA) is 66.0 Å². The van der Waals surface area contributed by atoms with Gasteiger partial charge in [0.05, 0.1) is 26.9 Å². The van der Waals surface area contributed by atoms with E-state index < -0.39 is 35.0 Å². The number of anilines is 1. The molecular weight excluding hydrogens is 509 g/mol. The Kier molecular flexibility index (Phi) is 7.00.